The quantitative estimate of drug-likeness (QED) is 0.653. The summed E-state index contributed by atoms with van der Waals surface area (Å²) in [6.45, 7) is 0. The first-order valence-electron chi connectivity index (χ1n) is 5.06. The maximum atomic E-state index is 8.79. The van der Waals surface area contributed by atoms with E-state index >= 15 is 0 Å². The molecular weight excluding hydrogens is 170 g/mol. The summed E-state index contributed by atoms with van der Waals surface area (Å²) in [7, 11) is 0. The summed E-state index contributed by atoms with van der Waals surface area (Å²) < 4.78 is 0. The number of hydrogen-bond acceptors (Lipinski definition) is 1. The van der Waals surface area contributed by atoms with Crippen molar-refractivity contribution in [3.05, 3.63) is 42.0 Å². The zero-order valence-electron chi connectivity index (χ0n) is 7.85. The lowest BCUT2D eigenvalue weighted by Gasteiger charge is -2.03. The van der Waals surface area contributed by atoms with Gasteiger partial charge in [0.05, 0.1) is 12.0 Å². The molecule has 3 unspecified atom stereocenters. The molecule has 68 valence electrons. The van der Waals surface area contributed by atoms with Gasteiger partial charge in [0.1, 0.15) is 0 Å². The Kier molecular flexibility index (Phi) is 1.52. The van der Waals surface area contributed by atoms with Crippen LogP contribution in [0.4, 0.5) is 0 Å². The van der Waals surface area contributed by atoms with E-state index in [1.54, 1.807) is 0 Å². The molecule has 0 radical (unpaired) electrons. The molecule has 1 nitrogen and oxygen atoms in total. The highest BCUT2D eigenvalue weighted by Crippen LogP contribution is 2.57. The molecule has 0 N–H and O–H groups in total. The highest BCUT2D eigenvalue weighted by molar-refractivity contribution is 5.70. The Hall–Kier alpha value is -1.55. The third kappa shape index (κ3) is 1.01. The summed E-state index contributed by atoms with van der Waals surface area (Å²) in [6.07, 6.45) is 3.40. The molecule has 1 aromatic carbocycles. The van der Waals surface area contributed by atoms with Crippen LogP contribution in [-0.4, -0.2) is 0 Å². The maximum Gasteiger partial charge on any atom is 0.0665 e. The normalized spacial score (nSPS) is 33.1. The van der Waals surface area contributed by atoms with Gasteiger partial charge >= 0.3 is 0 Å². The molecule has 0 heterocycles. The molecule has 0 spiro atoms. The first kappa shape index (κ1) is 7.82. The zero-order chi connectivity index (χ0) is 9.54. The van der Waals surface area contributed by atoms with Crippen LogP contribution in [0.3, 0.4) is 0 Å². The van der Waals surface area contributed by atoms with E-state index in [2.05, 4.69) is 36.4 Å². The van der Waals surface area contributed by atoms with Crippen molar-refractivity contribution in [2.45, 2.75) is 6.42 Å². The van der Waals surface area contributed by atoms with Gasteiger partial charge in [0, 0.05) is 0 Å². The van der Waals surface area contributed by atoms with Crippen molar-refractivity contribution in [3.8, 4) is 6.07 Å². The van der Waals surface area contributed by atoms with E-state index in [0.717, 1.165) is 6.42 Å². The average molecular weight is 181 g/mol. The van der Waals surface area contributed by atoms with Crippen molar-refractivity contribution >= 4 is 5.57 Å². The van der Waals surface area contributed by atoms with E-state index in [1.165, 1.54) is 11.1 Å². The van der Waals surface area contributed by atoms with E-state index in [4.69, 9.17) is 5.26 Å². The number of nitrogens with zero attached hydrogens (tertiary/aromatic N) is 1. The molecule has 1 fully saturated rings. The summed E-state index contributed by atoms with van der Waals surface area (Å²) in [5.74, 6) is 1.52. The Morgan fingerprint density at radius 1 is 1.21 bits per heavy atom. The van der Waals surface area contributed by atoms with Crippen LogP contribution >= 0.6 is 0 Å². The number of fused-ring (bicyclic) bond motifs is 1. The maximum absolute atomic E-state index is 8.79. The van der Waals surface area contributed by atoms with Gasteiger partial charge in [-0.1, -0.05) is 36.4 Å². The number of rotatable bonds is 1. The average Bonchev–Trinajstić information content (AvgIpc) is 2.72. The second kappa shape index (κ2) is 2.72. The van der Waals surface area contributed by atoms with Gasteiger partial charge in [-0.15, -0.1) is 0 Å². The highest BCUT2D eigenvalue weighted by Gasteiger charge is 2.52. The minimum Gasteiger partial charge on any atom is -0.198 e. The van der Waals surface area contributed by atoms with Crippen LogP contribution < -0.4 is 0 Å². The fourth-order valence-electron chi connectivity index (χ4n) is 2.49. The number of hydrogen-bond donors (Lipinski definition) is 0. The molecular formula is C13H11N. The zero-order valence-corrected chi connectivity index (χ0v) is 7.85. The molecule has 0 aliphatic heterocycles. The van der Waals surface area contributed by atoms with E-state index in [9.17, 15) is 0 Å². The molecule has 1 saturated carbocycles. The molecule has 0 amide bonds. The predicted molar refractivity (Wildman–Crippen MR) is 55.1 cm³/mol. The lowest BCUT2D eigenvalue weighted by molar-refractivity contribution is 0.829. The smallest absolute Gasteiger partial charge is 0.0665 e. The van der Waals surface area contributed by atoms with Gasteiger partial charge in [-0.05, 0) is 29.4 Å². The molecule has 3 rings (SSSR count). The monoisotopic (exact) mass is 181 g/mol. The Morgan fingerprint density at radius 2 is 2.00 bits per heavy atom. The van der Waals surface area contributed by atoms with Crippen molar-refractivity contribution in [2.24, 2.45) is 17.8 Å². The molecule has 1 aromatic rings. The lowest BCUT2D eigenvalue weighted by atomic mass is 10.0. The molecule has 3 atom stereocenters. The van der Waals surface area contributed by atoms with Crippen LogP contribution in [-0.2, 0) is 0 Å². The van der Waals surface area contributed by atoms with Crippen LogP contribution in [0, 0.1) is 29.1 Å². The van der Waals surface area contributed by atoms with Crippen molar-refractivity contribution in [2.75, 3.05) is 0 Å². The van der Waals surface area contributed by atoms with E-state index in [0.29, 0.717) is 17.8 Å². The fourth-order valence-corrected chi connectivity index (χ4v) is 2.49. The molecule has 0 bridgehead atoms. The van der Waals surface area contributed by atoms with Crippen molar-refractivity contribution in [1.29, 1.82) is 5.26 Å². The number of benzene rings is 1. The van der Waals surface area contributed by atoms with Gasteiger partial charge in [-0.25, -0.2) is 0 Å². The molecule has 14 heavy (non-hydrogen) atoms. The largest absolute Gasteiger partial charge is 0.198 e. The van der Waals surface area contributed by atoms with Gasteiger partial charge < -0.3 is 0 Å². The second-order valence-electron chi connectivity index (χ2n) is 4.16. The summed E-state index contributed by atoms with van der Waals surface area (Å²) in [6, 6.07) is 12.9. The van der Waals surface area contributed by atoms with E-state index in [1.807, 2.05) is 6.07 Å². The molecule has 2 aliphatic rings. The predicted octanol–water partition coefficient (Wildman–Crippen LogP) is 2.86. The molecule has 1 heteroatoms. The van der Waals surface area contributed by atoms with Gasteiger partial charge in [0.2, 0.25) is 0 Å². The second-order valence-corrected chi connectivity index (χ2v) is 4.16. The molecule has 0 aromatic heterocycles. The Bertz CT molecular complexity index is 424. The third-order valence-electron chi connectivity index (χ3n) is 3.37. The standard InChI is InChI=1S/C13H11N/c14-8-13-11-6-10(7-12(11)13)9-4-2-1-3-5-9/h1-6,11-13H,7H2. The van der Waals surface area contributed by atoms with Crippen LogP contribution in [0.15, 0.2) is 36.4 Å². The van der Waals surface area contributed by atoms with E-state index in [-0.39, 0.29) is 0 Å². The van der Waals surface area contributed by atoms with Crippen LogP contribution in [0.1, 0.15) is 12.0 Å². The lowest BCUT2D eigenvalue weighted by Crippen LogP contribution is -1.86. The summed E-state index contributed by atoms with van der Waals surface area (Å²) in [5, 5.41) is 8.79. The molecule has 0 saturated heterocycles. The minimum absolute atomic E-state index is 0.322. The van der Waals surface area contributed by atoms with Gasteiger partial charge in [0.25, 0.3) is 0 Å². The van der Waals surface area contributed by atoms with Gasteiger partial charge in [-0.2, -0.15) is 5.26 Å². The summed E-state index contributed by atoms with van der Waals surface area (Å²) >= 11 is 0. The first-order chi connectivity index (χ1) is 6.90. The Morgan fingerprint density at radius 3 is 2.57 bits per heavy atom. The van der Waals surface area contributed by atoms with Crippen molar-refractivity contribution < 1.29 is 0 Å². The fraction of sp³-hybridized carbons (Fsp3) is 0.308. The van der Waals surface area contributed by atoms with Crippen LogP contribution in [0.25, 0.3) is 5.57 Å². The van der Waals surface area contributed by atoms with Crippen LogP contribution in [0.5, 0.6) is 0 Å². The first-order valence-corrected chi connectivity index (χ1v) is 5.06. The van der Waals surface area contributed by atoms with Gasteiger partial charge in [-0.3, -0.25) is 0 Å². The van der Waals surface area contributed by atoms with Crippen LogP contribution in [0.2, 0.25) is 0 Å². The van der Waals surface area contributed by atoms with Crippen molar-refractivity contribution in [1.82, 2.24) is 0 Å². The number of allylic oxidation sites excluding steroid dienone is 2. The molecule has 2 aliphatic carbocycles. The summed E-state index contributed by atoms with van der Waals surface area (Å²) in [5.41, 5.74) is 2.77. The van der Waals surface area contributed by atoms with E-state index < -0.39 is 0 Å². The SMILES string of the molecule is N#CC1C2C=C(c3ccccc3)CC12. The third-order valence-corrected chi connectivity index (χ3v) is 3.37. The Labute approximate surface area is 83.7 Å². The van der Waals surface area contributed by atoms with Crippen molar-refractivity contribution in [3.63, 3.8) is 0 Å². The highest BCUT2D eigenvalue weighted by atomic mass is 14.6. The topological polar surface area (TPSA) is 23.8 Å². The number of nitriles is 1. The Balaban J connectivity index is 1.86. The van der Waals surface area contributed by atoms with Gasteiger partial charge in [0.15, 0.2) is 0 Å². The summed E-state index contributed by atoms with van der Waals surface area (Å²) in [4.78, 5) is 0. The minimum atomic E-state index is 0.322.